The van der Waals surface area contributed by atoms with E-state index in [9.17, 15) is 4.79 Å². The fraction of sp³-hybridized carbons (Fsp3) is 0.0500. The van der Waals surface area contributed by atoms with Gasteiger partial charge in [0, 0.05) is 28.7 Å². The summed E-state index contributed by atoms with van der Waals surface area (Å²) >= 11 is 0. The van der Waals surface area contributed by atoms with Crippen molar-refractivity contribution in [1.29, 1.82) is 0 Å². The molecule has 23 heavy (non-hydrogen) atoms. The number of rotatable bonds is 0. The molecule has 110 valence electrons. The van der Waals surface area contributed by atoms with Crippen LogP contribution in [0.4, 0.5) is 0 Å². The Kier molecular flexibility index (Phi) is 2.29. The van der Waals surface area contributed by atoms with Crippen molar-refractivity contribution in [1.82, 2.24) is 9.55 Å². The summed E-state index contributed by atoms with van der Waals surface area (Å²) < 4.78 is 2.09. The zero-order valence-corrected chi connectivity index (χ0v) is 12.6. The van der Waals surface area contributed by atoms with Gasteiger partial charge in [-0.15, -0.1) is 0 Å². The van der Waals surface area contributed by atoms with Crippen LogP contribution in [0.5, 0.6) is 0 Å². The molecule has 0 aliphatic heterocycles. The largest absolute Gasteiger partial charge is 0.354 e. The minimum absolute atomic E-state index is 0.0888. The van der Waals surface area contributed by atoms with Gasteiger partial charge in [-0.05, 0) is 24.3 Å². The van der Waals surface area contributed by atoms with Gasteiger partial charge >= 0.3 is 0 Å². The van der Waals surface area contributed by atoms with Crippen LogP contribution < -0.4 is 5.43 Å². The fourth-order valence-electron chi connectivity index (χ4n) is 3.64. The molecule has 3 nitrogen and oxygen atoms in total. The summed E-state index contributed by atoms with van der Waals surface area (Å²) in [5.74, 6) is 0. The number of aromatic nitrogens is 2. The summed E-state index contributed by atoms with van der Waals surface area (Å²) in [4.78, 5) is 16.5. The van der Waals surface area contributed by atoms with Crippen LogP contribution in [0, 0.1) is 0 Å². The van der Waals surface area contributed by atoms with E-state index in [0.717, 1.165) is 43.6 Å². The molecule has 1 N–H and O–H groups in total. The number of H-pyrrole nitrogens is 1. The number of pyridine rings is 1. The van der Waals surface area contributed by atoms with E-state index >= 15 is 0 Å². The normalized spacial score (nSPS) is 11.9. The summed E-state index contributed by atoms with van der Waals surface area (Å²) in [7, 11) is 2.01. The van der Waals surface area contributed by atoms with Crippen LogP contribution in [0.3, 0.4) is 0 Å². The van der Waals surface area contributed by atoms with Crippen LogP contribution in [0.2, 0.25) is 0 Å². The van der Waals surface area contributed by atoms with Gasteiger partial charge in [0.05, 0.1) is 21.9 Å². The number of hydrogen-bond donors (Lipinski definition) is 1. The van der Waals surface area contributed by atoms with Crippen molar-refractivity contribution in [2.45, 2.75) is 0 Å². The van der Waals surface area contributed by atoms with Crippen molar-refractivity contribution in [3.63, 3.8) is 0 Å². The van der Waals surface area contributed by atoms with Gasteiger partial charge in [-0.3, -0.25) is 4.79 Å². The molecule has 3 aromatic carbocycles. The number of aromatic amines is 1. The zero-order valence-electron chi connectivity index (χ0n) is 12.6. The van der Waals surface area contributed by atoms with E-state index in [0.29, 0.717) is 0 Å². The number of fused-ring (bicyclic) bond motifs is 6. The first-order valence-corrected chi connectivity index (χ1v) is 7.66. The number of hydrogen-bond acceptors (Lipinski definition) is 1. The second-order valence-electron chi connectivity index (χ2n) is 5.96. The lowest BCUT2D eigenvalue weighted by molar-refractivity contribution is 1.00. The van der Waals surface area contributed by atoms with Gasteiger partial charge in [-0.25, -0.2) is 0 Å². The molecule has 0 fully saturated rings. The lowest BCUT2D eigenvalue weighted by atomic mass is 10.1. The summed E-state index contributed by atoms with van der Waals surface area (Å²) in [6.07, 6.45) is 0. The van der Waals surface area contributed by atoms with Gasteiger partial charge in [-0.1, -0.05) is 36.4 Å². The predicted octanol–water partition coefficient (Wildman–Crippen LogP) is 4.33. The average Bonchev–Trinajstić information content (AvgIpc) is 2.98. The molecule has 2 aromatic heterocycles. The Morgan fingerprint density at radius 2 is 1.52 bits per heavy atom. The maximum absolute atomic E-state index is 13.1. The SMILES string of the molecule is Cn1c2ccccc2c(=O)c2c3[nH]c4ccccc4c3ccc21. The third-order valence-corrected chi connectivity index (χ3v) is 4.76. The van der Waals surface area contributed by atoms with Crippen molar-refractivity contribution in [3.8, 4) is 0 Å². The minimum atomic E-state index is 0.0888. The van der Waals surface area contributed by atoms with Gasteiger partial charge in [0.15, 0.2) is 5.43 Å². The summed E-state index contributed by atoms with van der Waals surface area (Å²) in [5.41, 5.74) is 3.99. The predicted molar refractivity (Wildman–Crippen MR) is 96.1 cm³/mol. The number of aryl methyl sites for hydroxylation is 1. The molecule has 0 spiro atoms. The first-order chi connectivity index (χ1) is 11.3. The van der Waals surface area contributed by atoms with Crippen LogP contribution in [-0.2, 0) is 7.05 Å². The van der Waals surface area contributed by atoms with Gasteiger partial charge in [-0.2, -0.15) is 0 Å². The molecule has 2 heterocycles. The molecular formula is C20H14N2O. The maximum atomic E-state index is 13.1. The highest BCUT2D eigenvalue weighted by Gasteiger charge is 2.14. The lowest BCUT2D eigenvalue weighted by Crippen LogP contribution is -2.09. The summed E-state index contributed by atoms with van der Waals surface area (Å²) in [6.45, 7) is 0. The monoisotopic (exact) mass is 298 g/mol. The molecular weight excluding hydrogens is 284 g/mol. The smallest absolute Gasteiger partial charge is 0.199 e. The first kappa shape index (κ1) is 12.5. The molecule has 0 atom stereocenters. The second-order valence-corrected chi connectivity index (χ2v) is 5.96. The summed E-state index contributed by atoms with van der Waals surface area (Å²) in [5, 5.41) is 3.77. The van der Waals surface area contributed by atoms with Crippen molar-refractivity contribution < 1.29 is 0 Å². The molecule has 0 bridgehead atoms. The lowest BCUT2D eigenvalue weighted by Gasteiger charge is -2.10. The molecule has 0 saturated carbocycles. The van der Waals surface area contributed by atoms with Crippen molar-refractivity contribution in [3.05, 3.63) is 70.9 Å². The first-order valence-electron chi connectivity index (χ1n) is 7.66. The van der Waals surface area contributed by atoms with Crippen LogP contribution in [-0.4, -0.2) is 9.55 Å². The van der Waals surface area contributed by atoms with E-state index in [1.165, 1.54) is 0 Å². The Morgan fingerprint density at radius 3 is 2.39 bits per heavy atom. The average molecular weight is 298 g/mol. The van der Waals surface area contributed by atoms with E-state index in [1.807, 2.05) is 55.6 Å². The van der Waals surface area contributed by atoms with Crippen molar-refractivity contribution in [2.75, 3.05) is 0 Å². The number of nitrogens with one attached hydrogen (secondary N) is 1. The molecule has 0 radical (unpaired) electrons. The topological polar surface area (TPSA) is 37.8 Å². The highest BCUT2D eigenvalue weighted by Crippen LogP contribution is 2.30. The molecule has 5 aromatic rings. The molecule has 3 heteroatoms. The molecule has 0 aliphatic rings. The van der Waals surface area contributed by atoms with Gasteiger partial charge in [0.2, 0.25) is 0 Å². The van der Waals surface area contributed by atoms with E-state index < -0.39 is 0 Å². The van der Waals surface area contributed by atoms with Crippen molar-refractivity contribution in [2.24, 2.45) is 7.05 Å². The number of nitrogens with zero attached hydrogens (tertiary/aromatic N) is 1. The Hall–Kier alpha value is -3.07. The van der Waals surface area contributed by atoms with Crippen LogP contribution in [0.25, 0.3) is 43.6 Å². The quantitative estimate of drug-likeness (QED) is 0.425. The second kappa shape index (κ2) is 4.23. The molecule has 0 aliphatic carbocycles. The van der Waals surface area contributed by atoms with Crippen LogP contribution in [0.1, 0.15) is 0 Å². The molecule has 0 unspecified atom stereocenters. The third kappa shape index (κ3) is 1.51. The van der Waals surface area contributed by atoms with Crippen molar-refractivity contribution >= 4 is 43.6 Å². The van der Waals surface area contributed by atoms with E-state index in [-0.39, 0.29) is 5.43 Å². The Morgan fingerprint density at radius 1 is 0.783 bits per heavy atom. The van der Waals surface area contributed by atoms with E-state index in [4.69, 9.17) is 0 Å². The maximum Gasteiger partial charge on any atom is 0.199 e. The fourth-order valence-corrected chi connectivity index (χ4v) is 3.64. The Bertz CT molecular complexity index is 1290. The van der Waals surface area contributed by atoms with Crippen LogP contribution in [0.15, 0.2) is 65.5 Å². The molecule has 0 saturated heterocycles. The van der Waals surface area contributed by atoms with Crippen LogP contribution >= 0.6 is 0 Å². The number of benzene rings is 3. The van der Waals surface area contributed by atoms with Gasteiger partial charge in [0.1, 0.15) is 0 Å². The highest BCUT2D eigenvalue weighted by molar-refractivity contribution is 6.17. The van der Waals surface area contributed by atoms with Gasteiger partial charge in [0.25, 0.3) is 0 Å². The number of para-hydroxylation sites is 2. The molecule has 0 amide bonds. The Labute approximate surface area is 131 Å². The molecule has 5 rings (SSSR count). The van der Waals surface area contributed by atoms with Gasteiger partial charge < -0.3 is 9.55 Å². The highest BCUT2D eigenvalue weighted by atomic mass is 16.1. The third-order valence-electron chi connectivity index (χ3n) is 4.76. The zero-order chi connectivity index (χ0) is 15.6. The van der Waals surface area contributed by atoms with E-state index in [2.05, 4.69) is 21.7 Å². The standard InChI is InChI=1S/C20H14N2O/c1-22-16-9-5-3-7-14(16)20(23)18-17(22)11-10-13-12-6-2-4-8-15(12)21-19(13)18/h2-11,21H,1H3. The summed E-state index contributed by atoms with van der Waals surface area (Å²) in [6, 6.07) is 20.1. The van der Waals surface area contributed by atoms with E-state index in [1.54, 1.807) is 0 Å². The minimum Gasteiger partial charge on any atom is -0.354 e. The Balaban J connectivity index is 2.15.